The molecule has 3 N–H and O–H groups in total. The van der Waals surface area contributed by atoms with E-state index < -0.39 is 0 Å². The number of phenolic OH excluding ortho intramolecular Hbond substituents is 1. The summed E-state index contributed by atoms with van der Waals surface area (Å²) in [4.78, 5) is 14.2. The highest BCUT2D eigenvalue weighted by molar-refractivity contribution is 6.99. The fourth-order valence-corrected chi connectivity index (χ4v) is 3.85. The lowest BCUT2D eigenvalue weighted by atomic mass is 9.98. The third-order valence-electron chi connectivity index (χ3n) is 5.37. The second kappa shape index (κ2) is 10.1. The Kier molecular flexibility index (Phi) is 7.43. The number of aromatic nitrogens is 2. The summed E-state index contributed by atoms with van der Waals surface area (Å²) >= 11 is 1.05. The number of amides is 1. The predicted octanol–water partition coefficient (Wildman–Crippen LogP) is 6.00. The van der Waals surface area contributed by atoms with Crippen LogP contribution in [0, 0.1) is 0 Å². The second-order valence-electron chi connectivity index (χ2n) is 8.49. The number of benzene rings is 1. The highest BCUT2D eigenvalue weighted by atomic mass is 32.1. The molecule has 176 valence electrons. The van der Waals surface area contributed by atoms with Crippen LogP contribution in [0.2, 0.25) is 0 Å². The van der Waals surface area contributed by atoms with Gasteiger partial charge in [0.25, 0.3) is 5.91 Å². The maximum Gasteiger partial charge on any atom is 0.257 e. The van der Waals surface area contributed by atoms with Crippen LogP contribution in [0.25, 0.3) is 5.57 Å². The summed E-state index contributed by atoms with van der Waals surface area (Å²) in [5.74, 6) is 1.73. The number of nitrogens with one attached hydrogen (secondary N) is 2. The van der Waals surface area contributed by atoms with E-state index in [-0.39, 0.29) is 23.3 Å². The van der Waals surface area contributed by atoms with Crippen molar-refractivity contribution in [2.75, 3.05) is 24.7 Å². The number of hydrogen-bond acceptors (Lipinski definition) is 8. The summed E-state index contributed by atoms with van der Waals surface area (Å²) in [7, 11) is 3.28. The van der Waals surface area contributed by atoms with Crippen LogP contribution in [0.5, 0.6) is 5.75 Å². The third-order valence-corrected chi connectivity index (χ3v) is 5.90. The number of anilines is 3. The molecule has 0 aliphatic heterocycles. The summed E-state index contributed by atoms with van der Waals surface area (Å²) in [6, 6.07) is 5.43. The first-order valence-electron chi connectivity index (χ1n) is 10.8. The van der Waals surface area contributed by atoms with E-state index in [1.807, 2.05) is 0 Å². The van der Waals surface area contributed by atoms with Gasteiger partial charge in [0.15, 0.2) is 17.4 Å². The topological polar surface area (TPSA) is 104 Å². The van der Waals surface area contributed by atoms with Crippen LogP contribution in [0.4, 0.5) is 17.3 Å². The number of nitrogens with zero attached hydrogens (tertiary/aromatic N) is 3. The standard InChI is InChI=1S/C24H31N5O3S/c1-8-17(19-11-15(12-32-19)13(2)3)25-22-23(28-33-27-22)26-18-10-9-16(14(4)5)20(21(18)30)24(31)29(6)7/h9-13,17,30H,4,8H2,1-3,5-7H3,(H,25,27)(H,26,28). The lowest BCUT2D eigenvalue weighted by molar-refractivity contribution is 0.0824. The van der Waals surface area contributed by atoms with Crippen LogP contribution in [-0.2, 0) is 0 Å². The van der Waals surface area contributed by atoms with Gasteiger partial charge in [-0.1, -0.05) is 39.0 Å². The normalized spacial score (nSPS) is 12.0. The number of aromatic hydroxyl groups is 1. The van der Waals surface area contributed by atoms with Crippen LogP contribution < -0.4 is 10.6 Å². The lowest BCUT2D eigenvalue weighted by Crippen LogP contribution is -2.23. The predicted molar refractivity (Wildman–Crippen MR) is 133 cm³/mol. The molecule has 1 aromatic carbocycles. The van der Waals surface area contributed by atoms with Gasteiger partial charge < -0.3 is 25.1 Å². The molecule has 0 aliphatic carbocycles. The van der Waals surface area contributed by atoms with Crippen LogP contribution in [0.15, 0.2) is 35.5 Å². The van der Waals surface area contributed by atoms with Crippen molar-refractivity contribution >= 4 is 40.5 Å². The number of phenols is 1. The Bertz CT molecular complexity index is 1150. The molecule has 0 radical (unpaired) electrons. The summed E-state index contributed by atoms with van der Waals surface area (Å²) in [6.45, 7) is 12.0. The Balaban J connectivity index is 1.90. The van der Waals surface area contributed by atoms with E-state index in [0.717, 1.165) is 29.5 Å². The molecule has 1 unspecified atom stereocenters. The van der Waals surface area contributed by atoms with E-state index in [2.05, 4.69) is 52.8 Å². The van der Waals surface area contributed by atoms with Gasteiger partial charge in [0.1, 0.15) is 5.76 Å². The third kappa shape index (κ3) is 5.19. The summed E-state index contributed by atoms with van der Waals surface area (Å²) in [6.07, 6.45) is 2.56. The molecule has 0 fully saturated rings. The molecule has 3 aromatic rings. The molecule has 1 atom stereocenters. The molecular formula is C24H31N5O3S. The molecule has 0 saturated carbocycles. The van der Waals surface area contributed by atoms with E-state index in [0.29, 0.717) is 34.4 Å². The van der Waals surface area contributed by atoms with Gasteiger partial charge in [0, 0.05) is 14.1 Å². The SMILES string of the molecule is C=C(C)c1ccc(Nc2nsnc2NC(CC)c2cc(C(C)C)co2)c(O)c1C(=O)N(C)C. The summed E-state index contributed by atoms with van der Waals surface area (Å²) < 4.78 is 14.5. The van der Waals surface area contributed by atoms with Crippen molar-refractivity contribution in [1.29, 1.82) is 0 Å². The van der Waals surface area contributed by atoms with Crippen molar-refractivity contribution in [2.24, 2.45) is 0 Å². The van der Waals surface area contributed by atoms with Crippen LogP contribution in [0.3, 0.4) is 0 Å². The number of carbonyl (C=O) groups is 1. The van der Waals surface area contributed by atoms with Gasteiger partial charge in [-0.05, 0) is 42.5 Å². The van der Waals surface area contributed by atoms with Gasteiger partial charge in [-0.15, -0.1) is 0 Å². The molecule has 2 heterocycles. The average molecular weight is 470 g/mol. The molecule has 3 rings (SSSR count). The minimum Gasteiger partial charge on any atom is -0.505 e. The number of hydrogen-bond donors (Lipinski definition) is 3. The molecule has 9 heteroatoms. The molecule has 1 amide bonds. The van der Waals surface area contributed by atoms with Gasteiger partial charge >= 0.3 is 0 Å². The van der Waals surface area contributed by atoms with Crippen molar-refractivity contribution < 1.29 is 14.3 Å². The molecule has 0 saturated heterocycles. The molecule has 0 spiro atoms. The first kappa shape index (κ1) is 24.3. The van der Waals surface area contributed by atoms with E-state index in [1.165, 1.54) is 4.90 Å². The zero-order valence-corrected chi connectivity index (χ0v) is 20.7. The van der Waals surface area contributed by atoms with E-state index in [4.69, 9.17) is 4.42 Å². The van der Waals surface area contributed by atoms with Gasteiger partial charge in [0.05, 0.1) is 35.3 Å². The first-order chi connectivity index (χ1) is 15.6. The maximum atomic E-state index is 12.8. The monoisotopic (exact) mass is 469 g/mol. The van der Waals surface area contributed by atoms with Gasteiger partial charge in [-0.25, -0.2) is 0 Å². The number of rotatable bonds is 9. The minimum absolute atomic E-state index is 0.0905. The van der Waals surface area contributed by atoms with E-state index >= 15 is 0 Å². The average Bonchev–Trinajstić information content (AvgIpc) is 3.42. The van der Waals surface area contributed by atoms with Crippen molar-refractivity contribution in [3.63, 3.8) is 0 Å². The Morgan fingerprint density at radius 2 is 1.97 bits per heavy atom. The van der Waals surface area contributed by atoms with Gasteiger partial charge in [0.2, 0.25) is 0 Å². The maximum absolute atomic E-state index is 12.8. The Morgan fingerprint density at radius 1 is 1.27 bits per heavy atom. The smallest absolute Gasteiger partial charge is 0.257 e. The highest BCUT2D eigenvalue weighted by Gasteiger charge is 2.23. The Hall–Kier alpha value is -3.33. The highest BCUT2D eigenvalue weighted by Crippen LogP contribution is 2.37. The minimum atomic E-state index is -0.311. The van der Waals surface area contributed by atoms with Crippen molar-refractivity contribution in [3.8, 4) is 5.75 Å². The van der Waals surface area contributed by atoms with Crippen LogP contribution in [-0.4, -0.2) is 38.8 Å². The lowest BCUT2D eigenvalue weighted by Gasteiger charge is -2.19. The zero-order valence-electron chi connectivity index (χ0n) is 19.9. The molecule has 8 nitrogen and oxygen atoms in total. The second-order valence-corrected chi connectivity index (χ2v) is 9.02. The summed E-state index contributed by atoms with van der Waals surface area (Å²) in [5, 5.41) is 17.5. The molecular weight excluding hydrogens is 438 g/mol. The number of allylic oxidation sites excluding steroid dienone is 1. The fraction of sp³-hybridized carbons (Fsp3) is 0.375. The molecule has 2 aromatic heterocycles. The molecule has 0 aliphatic rings. The van der Waals surface area contributed by atoms with E-state index in [1.54, 1.807) is 39.4 Å². The van der Waals surface area contributed by atoms with Gasteiger partial charge in [-0.3, -0.25) is 4.79 Å². The number of furan rings is 1. The van der Waals surface area contributed by atoms with Crippen molar-refractivity contribution in [1.82, 2.24) is 13.6 Å². The zero-order chi connectivity index (χ0) is 24.3. The molecule has 33 heavy (non-hydrogen) atoms. The Morgan fingerprint density at radius 3 is 2.55 bits per heavy atom. The van der Waals surface area contributed by atoms with Crippen molar-refractivity contribution in [3.05, 3.63) is 53.5 Å². The van der Waals surface area contributed by atoms with E-state index in [9.17, 15) is 9.90 Å². The molecule has 0 bridgehead atoms. The van der Waals surface area contributed by atoms with Crippen LogP contribution >= 0.6 is 11.7 Å². The fourth-order valence-electron chi connectivity index (χ4n) is 3.37. The first-order valence-corrected chi connectivity index (χ1v) is 11.5. The van der Waals surface area contributed by atoms with Crippen molar-refractivity contribution in [2.45, 2.75) is 46.1 Å². The van der Waals surface area contributed by atoms with Gasteiger partial charge in [-0.2, -0.15) is 8.75 Å². The largest absolute Gasteiger partial charge is 0.505 e. The Labute approximate surface area is 198 Å². The number of carbonyl (C=O) groups excluding carboxylic acids is 1. The summed E-state index contributed by atoms with van der Waals surface area (Å²) in [5.41, 5.74) is 2.97. The van der Waals surface area contributed by atoms with Crippen LogP contribution in [0.1, 0.15) is 73.3 Å². The quantitative estimate of drug-likeness (QED) is 0.330.